The van der Waals surface area contributed by atoms with Crippen LogP contribution in [0.4, 0.5) is 5.95 Å². The minimum absolute atomic E-state index is 0.527. The maximum atomic E-state index is 5.99. The zero-order valence-corrected chi connectivity index (χ0v) is 11.6. The molecule has 0 unspecified atom stereocenters. The van der Waals surface area contributed by atoms with Crippen LogP contribution in [0.2, 0.25) is 0 Å². The Hall–Kier alpha value is -1.75. The first-order chi connectivity index (χ1) is 9.27. The van der Waals surface area contributed by atoms with Crippen molar-refractivity contribution >= 4 is 17.0 Å². The number of fused-ring (bicyclic) bond motifs is 1. The van der Waals surface area contributed by atoms with Crippen molar-refractivity contribution in [3.8, 4) is 5.75 Å². The number of anilines is 1. The van der Waals surface area contributed by atoms with Gasteiger partial charge in [0.25, 0.3) is 0 Å². The van der Waals surface area contributed by atoms with Gasteiger partial charge in [0.05, 0.1) is 12.1 Å². The second-order valence-corrected chi connectivity index (χ2v) is 4.23. The summed E-state index contributed by atoms with van der Waals surface area (Å²) in [7, 11) is 0. The molecule has 0 fully saturated rings. The summed E-state index contributed by atoms with van der Waals surface area (Å²) in [4.78, 5) is 4.41. The molecule has 5 nitrogen and oxygen atoms in total. The van der Waals surface area contributed by atoms with E-state index in [-0.39, 0.29) is 0 Å². The van der Waals surface area contributed by atoms with E-state index >= 15 is 0 Å². The van der Waals surface area contributed by atoms with Gasteiger partial charge < -0.3 is 19.8 Å². The largest absolute Gasteiger partial charge is 0.492 e. The number of hydrogen-bond acceptors (Lipinski definition) is 4. The fraction of sp³-hybridized carbons (Fsp3) is 0.500. The normalized spacial score (nSPS) is 11.1. The first-order valence-electron chi connectivity index (χ1n) is 6.73. The standard InChI is InChI=1S/C14H21N3O2/c1-3-18-10-6-9-17-11-7-5-8-12(19-4-2)13(11)16-14(17)15/h5,7-8H,3-4,6,9-10H2,1-2H3,(H2,15,16). The highest BCUT2D eigenvalue weighted by Gasteiger charge is 2.11. The molecule has 0 bridgehead atoms. The van der Waals surface area contributed by atoms with E-state index in [0.29, 0.717) is 12.6 Å². The average Bonchev–Trinajstić information content (AvgIpc) is 2.73. The van der Waals surface area contributed by atoms with Gasteiger partial charge in [-0.2, -0.15) is 0 Å². The zero-order valence-electron chi connectivity index (χ0n) is 11.6. The molecule has 5 heteroatoms. The van der Waals surface area contributed by atoms with Crippen LogP contribution in [0.15, 0.2) is 18.2 Å². The molecule has 0 saturated heterocycles. The Morgan fingerprint density at radius 3 is 2.84 bits per heavy atom. The van der Waals surface area contributed by atoms with Crippen molar-refractivity contribution in [3.05, 3.63) is 18.2 Å². The van der Waals surface area contributed by atoms with Gasteiger partial charge >= 0.3 is 0 Å². The fourth-order valence-corrected chi connectivity index (χ4v) is 2.12. The van der Waals surface area contributed by atoms with Crippen LogP contribution < -0.4 is 10.5 Å². The molecular formula is C14H21N3O2. The summed E-state index contributed by atoms with van der Waals surface area (Å²) < 4.78 is 12.9. The summed E-state index contributed by atoms with van der Waals surface area (Å²) in [6.07, 6.45) is 0.919. The zero-order chi connectivity index (χ0) is 13.7. The number of ether oxygens (including phenoxy) is 2. The maximum Gasteiger partial charge on any atom is 0.201 e. The van der Waals surface area contributed by atoms with Crippen LogP contribution in [0.3, 0.4) is 0 Å². The lowest BCUT2D eigenvalue weighted by atomic mass is 10.3. The number of aryl methyl sites for hydroxylation is 1. The summed E-state index contributed by atoms with van der Waals surface area (Å²) in [5, 5.41) is 0. The molecule has 19 heavy (non-hydrogen) atoms. The fourth-order valence-electron chi connectivity index (χ4n) is 2.12. The highest BCUT2D eigenvalue weighted by atomic mass is 16.5. The second-order valence-electron chi connectivity index (χ2n) is 4.23. The van der Waals surface area contributed by atoms with Crippen molar-refractivity contribution in [2.75, 3.05) is 25.6 Å². The Morgan fingerprint density at radius 1 is 1.26 bits per heavy atom. The molecule has 2 rings (SSSR count). The second kappa shape index (κ2) is 6.43. The Kier molecular flexibility index (Phi) is 4.63. The summed E-state index contributed by atoms with van der Waals surface area (Å²) in [6, 6.07) is 5.90. The van der Waals surface area contributed by atoms with E-state index < -0.39 is 0 Å². The Bertz CT molecular complexity index is 537. The topological polar surface area (TPSA) is 62.3 Å². The van der Waals surface area contributed by atoms with Crippen molar-refractivity contribution in [1.82, 2.24) is 9.55 Å². The molecule has 104 valence electrons. The van der Waals surface area contributed by atoms with Gasteiger partial charge in [-0.05, 0) is 32.4 Å². The molecule has 2 aromatic rings. The first-order valence-corrected chi connectivity index (χ1v) is 6.73. The molecule has 1 aromatic carbocycles. The number of aromatic nitrogens is 2. The molecule has 0 amide bonds. The molecule has 1 heterocycles. The van der Waals surface area contributed by atoms with Gasteiger partial charge in [-0.15, -0.1) is 0 Å². The van der Waals surface area contributed by atoms with Crippen LogP contribution >= 0.6 is 0 Å². The van der Waals surface area contributed by atoms with Crippen molar-refractivity contribution in [2.24, 2.45) is 0 Å². The molecule has 0 aliphatic carbocycles. The number of nitrogen functional groups attached to an aromatic ring is 1. The predicted molar refractivity (Wildman–Crippen MR) is 76.4 cm³/mol. The third-order valence-electron chi connectivity index (χ3n) is 2.95. The number of benzene rings is 1. The smallest absolute Gasteiger partial charge is 0.201 e. The van der Waals surface area contributed by atoms with Gasteiger partial charge in [-0.3, -0.25) is 0 Å². The predicted octanol–water partition coefficient (Wildman–Crippen LogP) is 2.44. The lowest BCUT2D eigenvalue weighted by Gasteiger charge is -2.07. The number of nitrogens with zero attached hydrogens (tertiary/aromatic N) is 2. The van der Waals surface area contributed by atoms with Gasteiger partial charge in [0.15, 0.2) is 0 Å². The summed E-state index contributed by atoms with van der Waals surface area (Å²) in [5.41, 5.74) is 7.83. The van der Waals surface area contributed by atoms with Crippen LogP contribution in [-0.2, 0) is 11.3 Å². The van der Waals surface area contributed by atoms with Crippen LogP contribution in [0, 0.1) is 0 Å². The number of hydrogen-bond donors (Lipinski definition) is 1. The lowest BCUT2D eigenvalue weighted by molar-refractivity contribution is 0.142. The van der Waals surface area contributed by atoms with E-state index in [1.807, 2.05) is 36.6 Å². The molecule has 0 aliphatic heterocycles. The van der Waals surface area contributed by atoms with E-state index in [1.165, 1.54) is 0 Å². The van der Waals surface area contributed by atoms with E-state index in [0.717, 1.165) is 43.0 Å². The Labute approximate surface area is 113 Å². The van der Waals surface area contributed by atoms with Gasteiger partial charge in [-0.1, -0.05) is 6.07 Å². The summed E-state index contributed by atoms with van der Waals surface area (Å²) in [5.74, 6) is 1.31. The number of nitrogens with two attached hydrogens (primary N) is 1. The lowest BCUT2D eigenvalue weighted by Crippen LogP contribution is -2.06. The molecule has 0 saturated carbocycles. The summed E-state index contributed by atoms with van der Waals surface area (Å²) >= 11 is 0. The van der Waals surface area contributed by atoms with Crippen LogP contribution in [0.25, 0.3) is 11.0 Å². The van der Waals surface area contributed by atoms with Crippen molar-refractivity contribution in [1.29, 1.82) is 0 Å². The quantitative estimate of drug-likeness (QED) is 0.779. The Morgan fingerprint density at radius 2 is 2.11 bits per heavy atom. The molecule has 0 radical (unpaired) electrons. The molecule has 0 aliphatic rings. The highest BCUT2D eigenvalue weighted by molar-refractivity contribution is 5.84. The van der Waals surface area contributed by atoms with Gasteiger partial charge in [0, 0.05) is 19.8 Å². The molecular weight excluding hydrogens is 242 g/mol. The number of para-hydroxylation sites is 1. The third-order valence-corrected chi connectivity index (χ3v) is 2.95. The van der Waals surface area contributed by atoms with Gasteiger partial charge in [0.1, 0.15) is 11.3 Å². The summed E-state index contributed by atoms with van der Waals surface area (Å²) in [6.45, 7) is 6.86. The molecule has 0 spiro atoms. The minimum Gasteiger partial charge on any atom is -0.492 e. The van der Waals surface area contributed by atoms with Crippen molar-refractivity contribution in [2.45, 2.75) is 26.8 Å². The Balaban J connectivity index is 2.23. The van der Waals surface area contributed by atoms with E-state index in [4.69, 9.17) is 15.2 Å². The van der Waals surface area contributed by atoms with Crippen LogP contribution in [0.5, 0.6) is 5.75 Å². The average molecular weight is 263 g/mol. The number of imidazole rings is 1. The molecule has 1 aromatic heterocycles. The minimum atomic E-state index is 0.527. The van der Waals surface area contributed by atoms with Crippen molar-refractivity contribution < 1.29 is 9.47 Å². The van der Waals surface area contributed by atoms with Gasteiger partial charge in [0.2, 0.25) is 5.95 Å². The van der Waals surface area contributed by atoms with Crippen molar-refractivity contribution in [3.63, 3.8) is 0 Å². The van der Waals surface area contributed by atoms with E-state index in [2.05, 4.69) is 4.98 Å². The van der Waals surface area contributed by atoms with Gasteiger partial charge in [-0.25, -0.2) is 4.98 Å². The first kappa shape index (κ1) is 13.7. The molecule has 2 N–H and O–H groups in total. The van der Waals surface area contributed by atoms with E-state index in [1.54, 1.807) is 0 Å². The van der Waals surface area contributed by atoms with Crippen LogP contribution in [0.1, 0.15) is 20.3 Å². The molecule has 0 atom stereocenters. The van der Waals surface area contributed by atoms with Crippen LogP contribution in [-0.4, -0.2) is 29.4 Å². The third kappa shape index (κ3) is 2.98. The highest BCUT2D eigenvalue weighted by Crippen LogP contribution is 2.27. The maximum absolute atomic E-state index is 5.99. The monoisotopic (exact) mass is 263 g/mol. The SMILES string of the molecule is CCOCCCn1c(N)nc2c(OCC)cccc21. The number of rotatable bonds is 7. The van der Waals surface area contributed by atoms with E-state index in [9.17, 15) is 0 Å².